The summed E-state index contributed by atoms with van der Waals surface area (Å²) in [7, 11) is 0. The maximum Gasteiger partial charge on any atom is 0.416 e. The predicted octanol–water partition coefficient (Wildman–Crippen LogP) is 4.11. The van der Waals surface area contributed by atoms with Crippen LogP contribution in [0.4, 0.5) is 13.2 Å². The van der Waals surface area contributed by atoms with E-state index in [4.69, 9.17) is 0 Å². The monoisotopic (exact) mass is 294 g/mol. The van der Waals surface area contributed by atoms with Gasteiger partial charge in [-0.25, -0.2) is 0 Å². The van der Waals surface area contributed by atoms with Gasteiger partial charge in [0.2, 0.25) is 0 Å². The van der Waals surface area contributed by atoms with Crippen molar-refractivity contribution >= 4 is 0 Å². The van der Waals surface area contributed by atoms with E-state index in [1.165, 1.54) is 12.1 Å². The fraction of sp³-hybridized carbons (Fsp3) is 0.312. The smallest absolute Gasteiger partial charge is 0.306 e. The topological polar surface area (TPSA) is 24.9 Å². The Bertz CT molecular complexity index is 608. The number of pyridine rings is 1. The van der Waals surface area contributed by atoms with Crippen molar-refractivity contribution in [2.24, 2.45) is 0 Å². The molecule has 0 amide bonds. The molecule has 5 heteroatoms. The first-order valence-corrected chi connectivity index (χ1v) is 6.74. The molecule has 1 atom stereocenters. The highest BCUT2D eigenvalue weighted by atomic mass is 19.4. The molecule has 0 radical (unpaired) electrons. The number of hydrogen-bond acceptors (Lipinski definition) is 2. The molecule has 2 rings (SSSR count). The van der Waals surface area contributed by atoms with Crippen LogP contribution in [0.25, 0.3) is 0 Å². The van der Waals surface area contributed by atoms with Gasteiger partial charge < -0.3 is 5.32 Å². The number of halogens is 3. The molecular weight excluding hydrogens is 277 g/mol. The zero-order valence-corrected chi connectivity index (χ0v) is 11.9. The number of nitrogens with zero attached hydrogens (tertiary/aromatic N) is 1. The van der Waals surface area contributed by atoms with Gasteiger partial charge in [0.1, 0.15) is 0 Å². The summed E-state index contributed by atoms with van der Waals surface area (Å²) in [5.74, 6) is 0. The van der Waals surface area contributed by atoms with Crippen LogP contribution >= 0.6 is 0 Å². The van der Waals surface area contributed by atoms with E-state index in [1.807, 2.05) is 19.9 Å². The Balaban J connectivity index is 2.54. The van der Waals surface area contributed by atoms with Gasteiger partial charge in [0.25, 0.3) is 0 Å². The van der Waals surface area contributed by atoms with Crippen LogP contribution < -0.4 is 5.32 Å². The molecule has 112 valence electrons. The zero-order chi connectivity index (χ0) is 15.5. The number of aryl methyl sites for hydroxylation is 1. The molecule has 21 heavy (non-hydrogen) atoms. The van der Waals surface area contributed by atoms with Crippen LogP contribution in [0, 0.1) is 6.92 Å². The lowest BCUT2D eigenvalue weighted by Gasteiger charge is -2.23. The van der Waals surface area contributed by atoms with Gasteiger partial charge in [0, 0.05) is 12.4 Å². The van der Waals surface area contributed by atoms with Crippen molar-refractivity contribution in [3.05, 3.63) is 65.0 Å². The summed E-state index contributed by atoms with van der Waals surface area (Å²) in [5.41, 5.74) is 1.25. The van der Waals surface area contributed by atoms with E-state index in [9.17, 15) is 13.2 Å². The summed E-state index contributed by atoms with van der Waals surface area (Å²) in [6.45, 7) is 4.30. The van der Waals surface area contributed by atoms with Crippen molar-refractivity contribution in [3.8, 4) is 0 Å². The first-order chi connectivity index (χ1) is 9.93. The van der Waals surface area contributed by atoms with E-state index in [0.29, 0.717) is 6.54 Å². The van der Waals surface area contributed by atoms with Crippen LogP contribution in [-0.4, -0.2) is 11.5 Å². The minimum absolute atomic E-state index is 0.222. The number of rotatable bonds is 4. The van der Waals surface area contributed by atoms with E-state index in [2.05, 4.69) is 10.3 Å². The van der Waals surface area contributed by atoms with E-state index in [1.54, 1.807) is 18.5 Å². The van der Waals surface area contributed by atoms with Crippen LogP contribution in [-0.2, 0) is 6.18 Å². The van der Waals surface area contributed by atoms with Crippen molar-refractivity contribution in [1.82, 2.24) is 10.3 Å². The quantitative estimate of drug-likeness (QED) is 0.918. The van der Waals surface area contributed by atoms with Crippen molar-refractivity contribution in [1.29, 1.82) is 0 Å². The van der Waals surface area contributed by atoms with E-state index >= 15 is 0 Å². The predicted molar refractivity (Wildman–Crippen MR) is 75.9 cm³/mol. The highest BCUT2D eigenvalue weighted by Gasteiger charge is 2.35. The second-order valence-electron chi connectivity index (χ2n) is 4.87. The minimum Gasteiger partial charge on any atom is -0.306 e. The Hall–Kier alpha value is -1.88. The molecular formula is C16H17F3N2. The van der Waals surface area contributed by atoms with Gasteiger partial charge in [-0.15, -0.1) is 0 Å². The van der Waals surface area contributed by atoms with Crippen LogP contribution in [0.3, 0.4) is 0 Å². The second kappa shape index (κ2) is 6.26. The van der Waals surface area contributed by atoms with E-state index in [-0.39, 0.29) is 5.56 Å². The maximum absolute atomic E-state index is 13.2. The van der Waals surface area contributed by atoms with Crippen LogP contribution in [0.5, 0.6) is 0 Å². The molecule has 1 N–H and O–H groups in total. The van der Waals surface area contributed by atoms with Crippen molar-refractivity contribution in [2.75, 3.05) is 6.54 Å². The molecule has 0 fully saturated rings. The number of benzene rings is 1. The molecule has 1 unspecified atom stereocenters. The number of nitrogens with one attached hydrogen (secondary N) is 1. The molecule has 0 aliphatic rings. The first-order valence-electron chi connectivity index (χ1n) is 6.74. The summed E-state index contributed by atoms with van der Waals surface area (Å²) in [4.78, 5) is 4.08. The molecule has 0 aliphatic carbocycles. The van der Waals surface area contributed by atoms with Crippen LogP contribution in [0.1, 0.15) is 35.2 Å². The normalized spacial score (nSPS) is 13.2. The Morgan fingerprint density at radius 3 is 2.52 bits per heavy atom. The van der Waals surface area contributed by atoms with Crippen LogP contribution in [0.15, 0.2) is 42.7 Å². The van der Waals surface area contributed by atoms with Crippen molar-refractivity contribution in [3.63, 3.8) is 0 Å². The first kappa shape index (κ1) is 15.5. The molecule has 0 saturated carbocycles. The van der Waals surface area contributed by atoms with E-state index < -0.39 is 17.8 Å². The molecule has 0 aliphatic heterocycles. The molecule has 0 saturated heterocycles. The fourth-order valence-corrected chi connectivity index (χ4v) is 2.35. The Morgan fingerprint density at radius 1 is 1.19 bits per heavy atom. The molecule has 0 bridgehead atoms. The van der Waals surface area contributed by atoms with Gasteiger partial charge in [0.05, 0.1) is 11.6 Å². The Morgan fingerprint density at radius 2 is 1.90 bits per heavy atom. The fourth-order valence-electron chi connectivity index (χ4n) is 2.35. The Kier molecular flexibility index (Phi) is 4.63. The Labute approximate surface area is 122 Å². The van der Waals surface area contributed by atoms with Gasteiger partial charge in [0.15, 0.2) is 0 Å². The van der Waals surface area contributed by atoms with Crippen LogP contribution in [0.2, 0.25) is 0 Å². The highest BCUT2D eigenvalue weighted by molar-refractivity contribution is 5.39. The third-order valence-corrected chi connectivity index (χ3v) is 3.21. The van der Waals surface area contributed by atoms with E-state index in [0.717, 1.165) is 17.2 Å². The number of hydrogen-bond donors (Lipinski definition) is 1. The number of aromatic nitrogens is 1. The lowest BCUT2D eigenvalue weighted by atomic mass is 9.94. The lowest BCUT2D eigenvalue weighted by molar-refractivity contribution is -0.138. The van der Waals surface area contributed by atoms with Gasteiger partial charge >= 0.3 is 6.18 Å². The van der Waals surface area contributed by atoms with Crippen molar-refractivity contribution < 1.29 is 13.2 Å². The molecule has 2 nitrogen and oxygen atoms in total. The average molecular weight is 294 g/mol. The summed E-state index contributed by atoms with van der Waals surface area (Å²) in [5, 5.41) is 3.11. The van der Waals surface area contributed by atoms with Gasteiger partial charge in [-0.3, -0.25) is 4.98 Å². The number of alkyl halides is 3. The SMILES string of the molecule is CCNC(c1cncc(C)c1)c1ccccc1C(F)(F)F. The molecule has 1 heterocycles. The van der Waals surface area contributed by atoms with Gasteiger partial charge in [-0.05, 0) is 36.2 Å². The third-order valence-electron chi connectivity index (χ3n) is 3.21. The molecule has 0 spiro atoms. The molecule has 2 aromatic rings. The zero-order valence-electron chi connectivity index (χ0n) is 11.9. The maximum atomic E-state index is 13.2. The lowest BCUT2D eigenvalue weighted by Crippen LogP contribution is -2.25. The standard InChI is InChI=1S/C16H17F3N2/c1-3-21-15(12-8-11(2)9-20-10-12)13-6-4-5-7-14(13)16(17,18)19/h4-10,15,21H,3H2,1-2H3. The summed E-state index contributed by atoms with van der Waals surface area (Å²) in [6, 6.07) is 6.98. The van der Waals surface area contributed by atoms with Gasteiger partial charge in [-0.1, -0.05) is 31.2 Å². The minimum atomic E-state index is -4.37. The average Bonchev–Trinajstić information content (AvgIpc) is 2.44. The summed E-state index contributed by atoms with van der Waals surface area (Å²) in [6.07, 6.45) is -1.09. The highest BCUT2D eigenvalue weighted by Crippen LogP contribution is 2.36. The second-order valence-corrected chi connectivity index (χ2v) is 4.87. The van der Waals surface area contributed by atoms with Gasteiger partial charge in [-0.2, -0.15) is 13.2 Å². The largest absolute Gasteiger partial charge is 0.416 e. The molecule has 1 aromatic heterocycles. The molecule has 1 aromatic carbocycles. The summed E-state index contributed by atoms with van der Waals surface area (Å²) >= 11 is 0. The van der Waals surface area contributed by atoms with Crippen molar-refractivity contribution in [2.45, 2.75) is 26.1 Å². The third kappa shape index (κ3) is 3.61. The summed E-state index contributed by atoms with van der Waals surface area (Å²) < 4.78 is 39.6.